The Hall–Kier alpha value is -0.390. The van der Waals surface area contributed by atoms with Crippen LogP contribution in [0.3, 0.4) is 0 Å². The van der Waals surface area contributed by atoms with Gasteiger partial charge in [-0.05, 0) is 48.7 Å². The Labute approximate surface area is 137 Å². The van der Waals surface area contributed by atoms with E-state index in [0.29, 0.717) is 12.6 Å². The van der Waals surface area contributed by atoms with E-state index in [0.717, 1.165) is 11.0 Å². The van der Waals surface area contributed by atoms with E-state index >= 15 is 0 Å². The highest BCUT2D eigenvalue weighted by Crippen LogP contribution is 2.36. The van der Waals surface area contributed by atoms with Gasteiger partial charge in [-0.1, -0.05) is 27.7 Å². The molecule has 0 spiro atoms. The highest BCUT2D eigenvalue weighted by Gasteiger charge is 2.36. The summed E-state index contributed by atoms with van der Waals surface area (Å²) in [7, 11) is 0. The van der Waals surface area contributed by atoms with Crippen LogP contribution in [0.2, 0.25) is 0 Å². The molecule has 122 valence electrons. The Bertz CT molecular complexity index is 437. The van der Waals surface area contributed by atoms with E-state index in [1.165, 1.54) is 5.69 Å². The zero-order chi connectivity index (χ0) is 16.2. The molecular formula is C16H30BrN3O. The van der Waals surface area contributed by atoms with Gasteiger partial charge in [-0.2, -0.15) is 5.10 Å². The minimum atomic E-state index is 0.0361. The molecule has 1 heterocycles. The van der Waals surface area contributed by atoms with Crippen LogP contribution in [0.25, 0.3) is 0 Å². The molecule has 0 radical (unpaired) electrons. The molecule has 0 saturated carbocycles. The van der Waals surface area contributed by atoms with E-state index in [-0.39, 0.29) is 17.6 Å². The number of hydrogen-bond donors (Lipinski definition) is 1. The summed E-state index contributed by atoms with van der Waals surface area (Å²) < 4.78 is 9.23. The van der Waals surface area contributed by atoms with E-state index < -0.39 is 0 Å². The largest absolute Gasteiger partial charge is 0.376 e. The quantitative estimate of drug-likeness (QED) is 0.787. The summed E-state index contributed by atoms with van der Waals surface area (Å²) >= 11 is 3.66. The molecule has 0 saturated heterocycles. The Morgan fingerprint density at radius 1 is 1.33 bits per heavy atom. The van der Waals surface area contributed by atoms with Crippen molar-refractivity contribution in [3.05, 3.63) is 16.4 Å². The molecule has 0 amide bonds. The molecular weight excluding hydrogens is 330 g/mol. The summed E-state index contributed by atoms with van der Waals surface area (Å²) in [5.41, 5.74) is 1.20. The van der Waals surface area contributed by atoms with Crippen molar-refractivity contribution < 1.29 is 4.74 Å². The lowest BCUT2D eigenvalue weighted by atomic mass is 9.83. The number of nitrogens with one attached hydrogen (secondary N) is 1. The number of likely N-dealkylation sites (N-methyl/N-ethyl adjacent to an activating group) is 1. The van der Waals surface area contributed by atoms with Crippen LogP contribution in [0.15, 0.2) is 10.7 Å². The number of rotatable bonds is 7. The van der Waals surface area contributed by atoms with Crippen molar-refractivity contribution in [3.63, 3.8) is 0 Å². The molecule has 0 bridgehead atoms. The topological polar surface area (TPSA) is 39.1 Å². The van der Waals surface area contributed by atoms with Crippen molar-refractivity contribution in [2.45, 2.75) is 66.7 Å². The van der Waals surface area contributed by atoms with Crippen LogP contribution < -0.4 is 5.32 Å². The third-order valence-electron chi connectivity index (χ3n) is 3.50. The first kappa shape index (κ1) is 18.7. The lowest BCUT2D eigenvalue weighted by Crippen LogP contribution is -2.43. The average molecular weight is 360 g/mol. The molecule has 1 aromatic heterocycles. The van der Waals surface area contributed by atoms with E-state index in [9.17, 15) is 0 Å². The summed E-state index contributed by atoms with van der Waals surface area (Å²) in [5, 5.41) is 8.11. The summed E-state index contributed by atoms with van der Waals surface area (Å²) in [5.74, 6) is 0. The fourth-order valence-corrected chi connectivity index (χ4v) is 3.17. The number of aromatic nitrogens is 2. The molecule has 0 aliphatic carbocycles. The smallest absolute Gasteiger partial charge is 0.0833 e. The Morgan fingerprint density at radius 3 is 2.38 bits per heavy atom. The maximum absolute atomic E-state index is 6.11. The van der Waals surface area contributed by atoms with Crippen molar-refractivity contribution >= 4 is 15.9 Å². The molecule has 0 fully saturated rings. The maximum Gasteiger partial charge on any atom is 0.0833 e. The van der Waals surface area contributed by atoms with Gasteiger partial charge in [0.15, 0.2) is 0 Å². The Kier molecular flexibility index (Phi) is 6.88. The molecule has 21 heavy (non-hydrogen) atoms. The molecule has 0 aromatic carbocycles. The summed E-state index contributed by atoms with van der Waals surface area (Å²) in [6.07, 6.45) is 1.96. The second-order valence-corrected chi connectivity index (χ2v) is 7.55. The van der Waals surface area contributed by atoms with E-state index in [2.05, 4.69) is 79.5 Å². The fraction of sp³-hybridized carbons (Fsp3) is 0.812. The summed E-state index contributed by atoms with van der Waals surface area (Å²) in [6, 6.07) is 0.420. The van der Waals surface area contributed by atoms with Gasteiger partial charge in [0, 0.05) is 12.6 Å². The maximum atomic E-state index is 6.11. The number of hydrogen-bond acceptors (Lipinski definition) is 3. The highest BCUT2D eigenvalue weighted by atomic mass is 79.9. The van der Waals surface area contributed by atoms with Crippen LogP contribution in [0.1, 0.15) is 66.2 Å². The zero-order valence-electron chi connectivity index (χ0n) is 14.4. The van der Waals surface area contributed by atoms with Crippen LogP contribution >= 0.6 is 15.9 Å². The molecule has 0 aliphatic heterocycles. The van der Waals surface area contributed by atoms with Crippen LogP contribution in [-0.2, 0) is 4.74 Å². The second-order valence-electron chi connectivity index (χ2n) is 6.69. The van der Waals surface area contributed by atoms with E-state index in [1.807, 2.05) is 6.20 Å². The van der Waals surface area contributed by atoms with Crippen LogP contribution in [0, 0.1) is 5.41 Å². The normalized spacial score (nSPS) is 15.5. The van der Waals surface area contributed by atoms with Crippen molar-refractivity contribution in [1.82, 2.24) is 15.1 Å². The van der Waals surface area contributed by atoms with Crippen molar-refractivity contribution in [2.24, 2.45) is 5.41 Å². The Balaban J connectivity index is 3.30. The minimum Gasteiger partial charge on any atom is -0.376 e. The lowest BCUT2D eigenvalue weighted by molar-refractivity contribution is -0.0384. The van der Waals surface area contributed by atoms with Gasteiger partial charge in [-0.25, -0.2) is 0 Å². The average Bonchev–Trinajstić information content (AvgIpc) is 2.74. The summed E-state index contributed by atoms with van der Waals surface area (Å²) in [4.78, 5) is 0. The molecule has 5 heteroatoms. The van der Waals surface area contributed by atoms with Crippen LogP contribution in [-0.4, -0.2) is 29.0 Å². The van der Waals surface area contributed by atoms with E-state index in [1.54, 1.807) is 0 Å². The van der Waals surface area contributed by atoms with Gasteiger partial charge in [0.05, 0.1) is 28.5 Å². The van der Waals surface area contributed by atoms with Gasteiger partial charge in [0.25, 0.3) is 0 Å². The van der Waals surface area contributed by atoms with Crippen molar-refractivity contribution in [2.75, 3.05) is 13.2 Å². The third kappa shape index (κ3) is 4.54. The van der Waals surface area contributed by atoms with Gasteiger partial charge in [-0.15, -0.1) is 0 Å². The lowest BCUT2D eigenvalue weighted by Gasteiger charge is -2.38. The van der Waals surface area contributed by atoms with Gasteiger partial charge in [0.2, 0.25) is 0 Å². The number of nitrogens with zero attached hydrogens (tertiary/aromatic N) is 2. The number of ether oxygens (including phenoxy) is 1. The van der Waals surface area contributed by atoms with Gasteiger partial charge >= 0.3 is 0 Å². The molecule has 2 unspecified atom stereocenters. The third-order valence-corrected chi connectivity index (χ3v) is 4.11. The van der Waals surface area contributed by atoms with Gasteiger partial charge < -0.3 is 10.1 Å². The van der Waals surface area contributed by atoms with Crippen molar-refractivity contribution in [3.8, 4) is 0 Å². The molecule has 1 rings (SSSR count). The number of halogens is 1. The van der Waals surface area contributed by atoms with Crippen LogP contribution in [0.4, 0.5) is 0 Å². The Morgan fingerprint density at radius 2 is 1.95 bits per heavy atom. The summed E-state index contributed by atoms with van der Waals surface area (Å²) in [6.45, 7) is 16.7. The zero-order valence-corrected chi connectivity index (χ0v) is 16.0. The predicted octanol–water partition coefficient (Wildman–Crippen LogP) is 4.33. The van der Waals surface area contributed by atoms with Crippen molar-refractivity contribution in [1.29, 1.82) is 0 Å². The monoisotopic (exact) mass is 359 g/mol. The standard InChI is InChI=1S/C16H30BrN3O/c1-8-18-13(15(21-9-2)16(5,6)7)14-12(17)10-19-20(14)11(3)4/h10-11,13,15,18H,8-9H2,1-7H3. The molecule has 1 aromatic rings. The molecule has 4 nitrogen and oxygen atoms in total. The first-order valence-electron chi connectivity index (χ1n) is 7.81. The second kappa shape index (κ2) is 7.75. The molecule has 2 atom stereocenters. The van der Waals surface area contributed by atoms with Gasteiger partial charge in [-0.3, -0.25) is 4.68 Å². The van der Waals surface area contributed by atoms with Crippen LogP contribution in [0.5, 0.6) is 0 Å². The van der Waals surface area contributed by atoms with E-state index in [4.69, 9.17) is 4.74 Å². The highest BCUT2D eigenvalue weighted by molar-refractivity contribution is 9.10. The first-order chi connectivity index (χ1) is 9.73. The first-order valence-corrected chi connectivity index (χ1v) is 8.61. The molecule has 0 aliphatic rings. The predicted molar refractivity (Wildman–Crippen MR) is 91.6 cm³/mol. The molecule has 1 N–H and O–H groups in total. The minimum absolute atomic E-state index is 0.0361. The fourth-order valence-electron chi connectivity index (χ4n) is 2.65. The van der Waals surface area contributed by atoms with Gasteiger partial charge in [0.1, 0.15) is 0 Å². The SMILES string of the molecule is CCNC(c1c(Br)cnn1C(C)C)C(OCC)C(C)(C)C.